The molecular weight excluding hydrogens is 348 g/mol. The summed E-state index contributed by atoms with van der Waals surface area (Å²) in [6.07, 6.45) is 10.7. The van der Waals surface area contributed by atoms with Crippen molar-refractivity contribution in [2.45, 2.75) is 25.2 Å². The standard InChI is InChI=1S/C29H24/c1-19(25-17-16-23-9-3-7-21-11-5-13-27(25)29(21)23)18-24-15-14-22-8-2-6-20-10-4-12-26(24)28(20)22/h2-17,19,24-25H,18H2,1H3. The van der Waals surface area contributed by atoms with Gasteiger partial charge < -0.3 is 0 Å². The molecule has 6 rings (SSSR count). The lowest BCUT2D eigenvalue weighted by atomic mass is 9.74. The molecule has 0 spiro atoms. The highest BCUT2D eigenvalue weighted by Crippen LogP contribution is 2.44. The van der Waals surface area contributed by atoms with E-state index in [0.717, 1.165) is 6.42 Å². The molecule has 0 heteroatoms. The molecular formula is C29H24. The van der Waals surface area contributed by atoms with E-state index in [4.69, 9.17) is 0 Å². The molecule has 0 heterocycles. The summed E-state index contributed by atoms with van der Waals surface area (Å²) in [7, 11) is 0. The minimum absolute atomic E-state index is 0.471. The first-order chi connectivity index (χ1) is 14.3. The third-order valence-corrected chi connectivity index (χ3v) is 6.93. The third kappa shape index (κ3) is 2.59. The van der Waals surface area contributed by atoms with Gasteiger partial charge in [0.15, 0.2) is 0 Å². The fourth-order valence-corrected chi connectivity index (χ4v) is 5.55. The number of benzene rings is 4. The number of hydrogen-bond donors (Lipinski definition) is 0. The molecule has 0 N–H and O–H groups in total. The Balaban J connectivity index is 1.37. The lowest BCUT2D eigenvalue weighted by molar-refractivity contribution is 0.464. The summed E-state index contributed by atoms with van der Waals surface area (Å²) in [5, 5.41) is 5.61. The molecule has 3 atom stereocenters. The molecule has 2 aliphatic rings. The van der Waals surface area contributed by atoms with E-state index in [0.29, 0.717) is 17.8 Å². The number of allylic oxidation sites excluding steroid dienone is 2. The van der Waals surface area contributed by atoms with Crippen LogP contribution in [0.1, 0.15) is 47.4 Å². The van der Waals surface area contributed by atoms with Crippen LogP contribution in [0.25, 0.3) is 33.7 Å². The molecule has 0 saturated carbocycles. The number of hydrogen-bond acceptors (Lipinski definition) is 0. The van der Waals surface area contributed by atoms with Crippen LogP contribution in [0.3, 0.4) is 0 Å². The fraction of sp³-hybridized carbons (Fsp3) is 0.172. The van der Waals surface area contributed by atoms with Crippen molar-refractivity contribution in [2.24, 2.45) is 5.92 Å². The van der Waals surface area contributed by atoms with Gasteiger partial charge in [-0.25, -0.2) is 0 Å². The second-order valence-corrected chi connectivity index (χ2v) is 8.65. The lowest BCUT2D eigenvalue weighted by Gasteiger charge is -2.30. The van der Waals surface area contributed by atoms with Crippen LogP contribution >= 0.6 is 0 Å². The maximum atomic E-state index is 2.43. The van der Waals surface area contributed by atoms with Gasteiger partial charge in [0.05, 0.1) is 0 Å². The lowest BCUT2D eigenvalue weighted by Crippen LogP contribution is -2.14. The zero-order valence-corrected chi connectivity index (χ0v) is 16.7. The van der Waals surface area contributed by atoms with Gasteiger partial charge in [0, 0.05) is 11.8 Å². The van der Waals surface area contributed by atoms with Gasteiger partial charge in [-0.15, -0.1) is 0 Å². The molecule has 0 amide bonds. The minimum Gasteiger partial charge on any atom is -0.0764 e. The van der Waals surface area contributed by atoms with E-state index in [1.54, 1.807) is 0 Å². The Bertz CT molecular complexity index is 1290. The van der Waals surface area contributed by atoms with Crippen molar-refractivity contribution in [3.63, 3.8) is 0 Å². The maximum absolute atomic E-state index is 2.43. The molecule has 4 aromatic rings. The van der Waals surface area contributed by atoms with Crippen molar-refractivity contribution < 1.29 is 0 Å². The van der Waals surface area contributed by atoms with E-state index < -0.39 is 0 Å². The molecule has 0 bridgehead atoms. The third-order valence-electron chi connectivity index (χ3n) is 6.93. The molecule has 4 aromatic carbocycles. The Morgan fingerprint density at radius 2 is 1.21 bits per heavy atom. The van der Waals surface area contributed by atoms with Crippen molar-refractivity contribution in [1.29, 1.82) is 0 Å². The molecule has 3 unspecified atom stereocenters. The summed E-state index contributed by atoms with van der Waals surface area (Å²) in [5.41, 5.74) is 5.70. The van der Waals surface area contributed by atoms with Crippen LogP contribution in [0.2, 0.25) is 0 Å². The zero-order valence-electron chi connectivity index (χ0n) is 16.7. The Morgan fingerprint density at radius 1 is 0.655 bits per heavy atom. The zero-order chi connectivity index (χ0) is 19.4. The van der Waals surface area contributed by atoms with Gasteiger partial charge in [0.25, 0.3) is 0 Å². The van der Waals surface area contributed by atoms with Crippen molar-refractivity contribution in [3.8, 4) is 0 Å². The average molecular weight is 373 g/mol. The van der Waals surface area contributed by atoms with Gasteiger partial charge in [0.1, 0.15) is 0 Å². The van der Waals surface area contributed by atoms with Gasteiger partial charge in [-0.1, -0.05) is 104 Å². The highest BCUT2D eigenvalue weighted by Gasteiger charge is 2.26. The summed E-state index contributed by atoms with van der Waals surface area (Å²) >= 11 is 0. The van der Waals surface area contributed by atoms with E-state index in [2.05, 4.69) is 104 Å². The summed E-state index contributed by atoms with van der Waals surface area (Å²) in [6, 6.07) is 26.9. The predicted molar refractivity (Wildman–Crippen MR) is 125 cm³/mol. The van der Waals surface area contributed by atoms with Gasteiger partial charge in [0.2, 0.25) is 0 Å². The van der Waals surface area contributed by atoms with Crippen LogP contribution in [0, 0.1) is 5.92 Å². The van der Waals surface area contributed by atoms with Gasteiger partial charge in [-0.2, -0.15) is 0 Å². The van der Waals surface area contributed by atoms with Crippen molar-refractivity contribution >= 4 is 33.7 Å². The van der Waals surface area contributed by atoms with Gasteiger partial charge in [-0.05, 0) is 56.1 Å². The highest BCUT2D eigenvalue weighted by molar-refractivity contribution is 5.96. The van der Waals surface area contributed by atoms with Crippen LogP contribution in [-0.4, -0.2) is 0 Å². The first-order valence-corrected chi connectivity index (χ1v) is 10.7. The van der Waals surface area contributed by atoms with E-state index in [-0.39, 0.29) is 0 Å². The molecule has 2 aliphatic carbocycles. The Kier molecular flexibility index (Phi) is 3.74. The topological polar surface area (TPSA) is 0 Å². The number of rotatable bonds is 3. The summed E-state index contributed by atoms with van der Waals surface area (Å²) in [6.45, 7) is 2.43. The molecule has 0 aromatic heterocycles. The molecule has 0 nitrogen and oxygen atoms in total. The average Bonchev–Trinajstić information content (AvgIpc) is 2.76. The summed E-state index contributed by atoms with van der Waals surface area (Å²) in [5.74, 6) is 1.52. The Labute approximate surface area is 172 Å². The SMILES string of the molecule is CC(CC1C=Cc2cccc3cccc1c23)C1C=Cc2cccc3cccc1c23. The summed E-state index contributed by atoms with van der Waals surface area (Å²) < 4.78 is 0. The normalized spacial score (nSPS) is 20.3. The van der Waals surface area contributed by atoms with Crippen molar-refractivity contribution in [3.05, 3.63) is 107 Å². The molecule has 29 heavy (non-hydrogen) atoms. The summed E-state index contributed by atoms with van der Waals surface area (Å²) in [4.78, 5) is 0. The molecule has 0 fully saturated rings. The van der Waals surface area contributed by atoms with Crippen molar-refractivity contribution in [2.75, 3.05) is 0 Å². The maximum Gasteiger partial charge on any atom is 0.00536 e. The molecule has 140 valence electrons. The van der Waals surface area contributed by atoms with Crippen LogP contribution < -0.4 is 0 Å². The predicted octanol–water partition coefficient (Wildman–Crippen LogP) is 7.94. The molecule has 0 saturated heterocycles. The Hall–Kier alpha value is -3.12. The largest absolute Gasteiger partial charge is 0.0764 e. The van der Waals surface area contributed by atoms with Crippen LogP contribution in [0.4, 0.5) is 0 Å². The van der Waals surface area contributed by atoms with E-state index >= 15 is 0 Å². The Morgan fingerprint density at radius 3 is 1.90 bits per heavy atom. The van der Waals surface area contributed by atoms with E-state index in [9.17, 15) is 0 Å². The van der Waals surface area contributed by atoms with E-state index in [1.807, 2.05) is 0 Å². The van der Waals surface area contributed by atoms with E-state index in [1.165, 1.54) is 43.8 Å². The monoisotopic (exact) mass is 372 g/mol. The molecule has 0 aliphatic heterocycles. The highest BCUT2D eigenvalue weighted by atomic mass is 14.3. The second-order valence-electron chi connectivity index (χ2n) is 8.65. The van der Waals surface area contributed by atoms with Gasteiger partial charge in [-0.3, -0.25) is 0 Å². The van der Waals surface area contributed by atoms with Crippen LogP contribution in [0.15, 0.2) is 84.9 Å². The fourth-order valence-electron chi connectivity index (χ4n) is 5.55. The van der Waals surface area contributed by atoms with Crippen molar-refractivity contribution in [1.82, 2.24) is 0 Å². The second kappa shape index (κ2) is 6.46. The first kappa shape index (κ1) is 16.8. The smallest absolute Gasteiger partial charge is 0.00536 e. The quantitative estimate of drug-likeness (QED) is 0.342. The first-order valence-electron chi connectivity index (χ1n) is 10.7. The van der Waals surface area contributed by atoms with Crippen LogP contribution in [-0.2, 0) is 0 Å². The van der Waals surface area contributed by atoms with Gasteiger partial charge >= 0.3 is 0 Å². The minimum atomic E-state index is 0.471. The van der Waals surface area contributed by atoms with Crippen LogP contribution in [0.5, 0.6) is 0 Å². The molecule has 0 radical (unpaired) electrons.